The van der Waals surface area contributed by atoms with Crippen molar-refractivity contribution in [3.63, 3.8) is 0 Å². The third kappa shape index (κ3) is 2.30. The highest BCUT2D eigenvalue weighted by molar-refractivity contribution is 4.59. The normalized spacial score (nSPS) is 22.3. The van der Waals surface area contributed by atoms with E-state index in [1.807, 2.05) is 0 Å². The van der Waals surface area contributed by atoms with Crippen molar-refractivity contribution in [2.45, 2.75) is 0 Å². The molecule has 0 aromatic rings. The van der Waals surface area contributed by atoms with Crippen LogP contribution in [0.4, 0.5) is 0 Å². The van der Waals surface area contributed by atoms with Crippen molar-refractivity contribution in [3.8, 4) is 0 Å². The molecule has 0 amide bonds. The lowest BCUT2D eigenvalue weighted by Gasteiger charge is -2.25. The van der Waals surface area contributed by atoms with Gasteiger partial charge in [-0.25, -0.2) is 5.11 Å². The molecule has 1 aliphatic heterocycles. The van der Waals surface area contributed by atoms with Crippen molar-refractivity contribution >= 4 is 0 Å². The summed E-state index contributed by atoms with van der Waals surface area (Å²) in [7, 11) is 0. The van der Waals surface area contributed by atoms with Crippen LogP contribution in [-0.4, -0.2) is 44.4 Å². The molecule has 3 nitrogen and oxygen atoms in total. The highest BCUT2D eigenvalue weighted by Crippen LogP contribution is 1.94. The summed E-state index contributed by atoms with van der Waals surface area (Å²) in [5.74, 6) is 0. The van der Waals surface area contributed by atoms with Crippen LogP contribution in [0.3, 0.4) is 0 Å². The van der Waals surface area contributed by atoms with Crippen LogP contribution in [-0.2, 0) is 9.84 Å². The Bertz CT molecular complexity index is 68.7. The molecular formula is C6H12NO2. The first-order valence-electron chi connectivity index (χ1n) is 3.31. The molecule has 0 aromatic carbocycles. The second kappa shape index (κ2) is 3.82. The van der Waals surface area contributed by atoms with Crippen molar-refractivity contribution in [2.24, 2.45) is 0 Å². The molecule has 9 heavy (non-hydrogen) atoms. The number of rotatable bonds is 2. The lowest BCUT2D eigenvalue weighted by atomic mass is 10.4. The van der Waals surface area contributed by atoms with Crippen LogP contribution >= 0.6 is 0 Å². The summed E-state index contributed by atoms with van der Waals surface area (Å²) >= 11 is 0. The van der Waals surface area contributed by atoms with Crippen molar-refractivity contribution < 1.29 is 9.84 Å². The van der Waals surface area contributed by atoms with E-state index in [4.69, 9.17) is 4.74 Å². The molecule has 0 unspecified atom stereocenters. The van der Waals surface area contributed by atoms with Crippen molar-refractivity contribution in [2.75, 3.05) is 39.5 Å². The maximum atomic E-state index is 10.1. The molecule has 0 spiro atoms. The fourth-order valence-corrected chi connectivity index (χ4v) is 0.954. The molecule has 0 aromatic heterocycles. The first-order valence-corrected chi connectivity index (χ1v) is 3.31. The fraction of sp³-hybridized carbons (Fsp3) is 1.00. The first-order chi connectivity index (χ1) is 4.43. The third-order valence-corrected chi connectivity index (χ3v) is 1.51. The van der Waals surface area contributed by atoms with Crippen LogP contribution in [0.5, 0.6) is 0 Å². The molecule has 0 bridgehead atoms. The minimum atomic E-state index is 0.0139. The monoisotopic (exact) mass is 130 g/mol. The summed E-state index contributed by atoms with van der Waals surface area (Å²) < 4.78 is 5.10. The lowest BCUT2D eigenvalue weighted by molar-refractivity contribution is 0.0243. The fourth-order valence-electron chi connectivity index (χ4n) is 0.954. The number of morpholine rings is 1. The van der Waals surface area contributed by atoms with Gasteiger partial charge in [0, 0.05) is 19.6 Å². The van der Waals surface area contributed by atoms with Gasteiger partial charge in [0.1, 0.15) is 0 Å². The average molecular weight is 130 g/mol. The smallest absolute Gasteiger partial charge is 0.0949 e. The first kappa shape index (κ1) is 6.99. The minimum Gasteiger partial charge on any atom is -0.379 e. The molecule has 1 saturated heterocycles. The van der Waals surface area contributed by atoms with E-state index < -0.39 is 0 Å². The Kier molecular flexibility index (Phi) is 2.97. The van der Waals surface area contributed by atoms with Crippen molar-refractivity contribution in [3.05, 3.63) is 0 Å². The second-order valence-corrected chi connectivity index (χ2v) is 2.16. The van der Waals surface area contributed by atoms with Crippen LogP contribution in [0.2, 0.25) is 0 Å². The van der Waals surface area contributed by atoms with Gasteiger partial charge in [0.2, 0.25) is 0 Å². The second-order valence-electron chi connectivity index (χ2n) is 2.16. The largest absolute Gasteiger partial charge is 0.379 e. The highest BCUT2D eigenvalue weighted by Gasteiger charge is 2.08. The molecule has 0 aliphatic carbocycles. The molecular weight excluding hydrogens is 118 g/mol. The summed E-state index contributed by atoms with van der Waals surface area (Å²) in [6.45, 7) is 4.15. The molecule has 1 fully saturated rings. The summed E-state index contributed by atoms with van der Waals surface area (Å²) in [4.78, 5) is 2.14. The number of nitrogens with zero attached hydrogens (tertiary/aromatic N) is 1. The van der Waals surface area contributed by atoms with E-state index in [9.17, 15) is 5.11 Å². The Balaban J connectivity index is 2.08. The Morgan fingerprint density at radius 1 is 1.33 bits per heavy atom. The summed E-state index contributed by atoms with van der Waals surface area (Å²) in [6.07, 6.45) is 0. The van der Waals surface area contributed by atoms with Gasteiger partial charge in [-0.05, 0) is 0 Å². The molecule has 53 valence electrons. The topological polar surface area (TPSA) is 32.4 Å². The minimum absolute atomic E-state index is 0.0139. The van der Waals surface area contributed by atoms with Crippen molar-refractivity contribution in [1.29, 1.82) is 0 Å². The van der Waals surface area contributed by atoms with Crippen molar-refractivity contribution in [1.82, 2.24) is 4.90 Å². The van der Waals surface area contributed by atoms with E-state index >= 15 is 0 Å². The number of hydrogen-bond donors (Lipinski definition) is 0. The summed E-state index contributed by atoms with van der Waals surface area (Å²) in [6, 6.07) is 0. The van der Waals surface area contributed by atoms with E-state index in [0.29, 0.717) is 6.54 Å². The Morgan fingerprint density at radius 2 is 2.00 bits per heavy atom. The third-order valence-electron chi connectivity index (χ3n) is 1.51. The van der Waals surface area contributed by atoms with Gasteiger partial charge >= 0.3 is 0 Å². The lowest BCUT2D eigenvalue weighted by Crippen LogP contribution is -2.37. The molecule has 3 heteroatoms. The number of ether oxygens (including phenoxy) is 1. The maximum absolute atomic E-state index is 10.1. The zero-order valence-electron chi connectivity index (χ0n) is 5.51. The Labute approximate surface area is 55.2 Å². The standard InChI is InChI=1S/C6H12NO2/c8-4-1-7-2-5-9-6-3-7/h1-6H2. The van der Waals surface area contributed by atoms with Gasteiger partial charge in [0.05, 0.1) is 19.8 Å². The molecule has 0 N–H and O–H groups in total. The molecule has 1 aliphatic rings. The number of hydrogen-bond acceptors (Lipinski definition) is 2. The zero-order valence-corrected chi connectivity index (χ0v) is 5.51. The van der Waals surface area contributed by atoms with Crippen LogP contribution in [0.15, 0.2) is 0 Å². The zero-order chi connectivity index (χ0) is 6.53. The van der Waals surface area contributed by atoms with E-state index in [1.165, 1.54) is 0 Å². The van der Waals surface area contributed by atoms with E-state index in [-0.39, 0.29) is 6.61 Å². The highest BCUT2D eigenvalue weighted by atomic mass is 16.5. The van der Waals surface area contributed by atoms with Gasteiger partial charge in [0.25, 0.3) is 0 Å². The van der Waals surface area contributed by atoms with Gasteiger partial charge in [0.15, 0.2) is 0 Å². The molecule has 0 saturated carbocycles. The Morgan fingerprint density at radius 3 is 2.56 bits per heavy atom. The van der Waals surface area contributed by atoms with E-state index in [1.54, 1.807) is 0 Å². The van der Waals surface area contributed by atoms with E-state index in [2.05, 4.69) is 4.90 Å². The van der Waals surface area contributed by atoms with Crippen LogP contribution in [0, 0.1) is 0 Å². The Hall–Kier alpha value is -0.120. The van der Waals surface area contributed by atoms with Gasteiger partial charge in [-0.2, -0.15) is 0 Å². The van der Waals surface area contributed by atoms with Crippen LogP contribution in [0.25, 0.3) is 0 Å². The maximum Gasteiger partial charge on any atom is 0.0949 e. The SMILES string of the molecule is [O]CCN1CCOCC1. The summed E-state index contributed by atoms with van der Waals surface area (Å²) in [5.41, 5.74) is 0. The van der Waals surface area contributed by atoms with Gasteiger partial charge < -0.3 is 4.74 Å². The van der Waals surface area contributed by atoms with E-state index in [0.717, 1.165) is 26.3 Å². The molecule has 1 rings (SSSR count). The van der Waals surface area contributed by atoms with Gasteiger partial charge in [-0.1, -0.05) is 0 Å². The molecule has 1 heterocycles. The summed E-state index contributed by atoms with van der Waals surface area (Å²) in [5, 5.41) is 10.1. The van der Waals surface area contributed by atoms with Gasteiger partial charge in [-0.15, -0.1) is 0 Å². The quantitative estimate of drug-likeness (QED) is 0.516. The van der Waals surface area contributed by atoms with Crippen LogP contribution in [0.1, 0.15) is 0 Å². The van der Waals surface area contributed by atoms with Crippen LogP contribution < -0.4 is 0 Å². The predicted octanol–water partition coefficient (Wildman–Crippen LogP) is -0.251. The van der Waals surface area contributed by atoms with Gasteiger partial charge in [-0.3, -0.25) is 4.90 Å². The average Bonchev–Trinajstić information content (AvgIpc) is 1.91. The predicted molar refractivity (Wildman–Crippen MR) is 32.8 cm³/mol. The molecule has 0 atom stereocenters. The molecule has 1 radical (unpaired) electrons.